The molecule has 1 aliphatic heterocycles. The summed E-state index contributed by atoms with van der Waals surface area (Å²) in [7, 11) is -2.96. The van der Waals surface area contributed by atoms with Crippen molar-refractivity contribution in [2.45, 2.75) is 38.0 Å². The van der Waals surface area contributed by atoms with Crippen molar-refractivity contribution in [2.75, 3.05) is 51.3 Å². The summed E-state index contributed by atoms with van der Waals surface area (Å²) in [5.41, 5.74) is 1.12. The van der Waals surface area contributed by atoms with E-state index in [4.69, 9.17) is 16.3 Å². The fourth-order valence-corrected chi connectivity index (χ4v) is 4.90. The molecule has 29 heavy (non-hydrogen) atoms. The molecule has 1 aliphatic carbocycles. The molecule has 0 atom stereocenters. The lowest BCUT2D eigenvalue weighted by Crippen LogP contribution is -2.50. The van der Waals surface area contributed by atoms with E-state index in [1.807, 2.05) is 18.2 Å². The molecule has 2 aliphatic rings. The number of hydrogen-bond donors (Lipinski definition) is 0. The van der Waals surface area contributed by atoms with Gasteiger partial charge in [0.25, 0.3) is 5.91 Å². The monoisotopic (exact) mass is 442 g/mol. The minimum Gasteiger partial charge on any atom is -0.483 e. The first-order valence-corrected chi connectivity index (χ1v) is 12.9. The molecule has 0 spiro atoms. The summed E-state index contributed by atoms with van der Waals surface area (Å²) >= 11 is 6.21. The van der Waals surface area contributed by atoms with E-state index in [9.17, 15) is 13.2 Å². The average molecular weight is 443 g/mol. The number of benzene rings is 1. The van der Waals surface area contributed by atoms with Gasteiger partial charge in [-0.05, 0) is 42.5 Å². The Morgan fingerprint density at radius 3 is 2.48 bits per heavy atom. The van der Waals surface area contributed by atoms with Crippen LogP contribution < -0.4 is 4.74 Å². The lowest BCUT2D eigenvalue weighted by molar-refractivity contribution is -0.135. The summed E-state index contributed by atoms with van der Waals surface area (Å²) in [6.45, 7) is 3.12. The van der Waals surface area contributed by atoms with Gasteiger partial charge in [0.2, 0.25) is 0 Å². The van der Waals surface area contributed by atoms with Gasteiger partial charge in [0.05, 0.1) is 5.75 Å². The smallest absolute Gasteiger partial charge is 0.260 e. The Morgan fingerprint density at radius 1 is 1.14 bits per heavy atom. The molecule has 0 aromatic heterocycles. The zero-order chi connectivity index (χ0) is 20.9. The highest BCUT2D eigenvalue weighted by Gasteiger charge is 2.24. The highest BCUT2D eigenvalue weighted by atomic mass is 35.5. The molecule has 8 heteroatoms. The molecule has 1 saturated carbocycles. The summed E-state index contributed by atoms with van der Waals surface area (Å²) in [5.74, 6) is 1.34. The Morgan fingerprint density at radius 2 is 1.83 bits per heavy atom. The van der Waals surface area contributed by atoms with Crippen molar-refractivity contribution in [2.24, 2.45) is 0 Å². The summed E-state index contributed by atoms with van der Waals surface area (Å²) < 4.78 is 28.6. The number of sulfone groups is 1. The van der Waals surface area contributed by atoms with Crippen LogP contribution in [0.5, 0.6) is 5.75 Å². The molecule has 1 aromatic rings. The first-order chi connectivity index (χ1) is 13.8. The standard InChI is InChI=1S/C21H31ClN2O4S/c1-29(26,27)14-13-23-9-11-24(12-10-23)21(25)16-28-20-8-7-18(22)15-19(20)17-5-3-2-4-6-17/h7-8,15,17H,2-6,9-14,16H2,1H3. The maximum atomic E-state index is 12.6. The van der Waals surface area contributed by atoms with E-state index in [2.05, 4.69) is 4.90 Å². The fourth-order valence-electron chi connectivity index (χ4n) is 4.13. The lowest BCUT2D eigenvalue weighted by atomic mass is 9.84. The molecule has 0 unspecified atom stereocenters. The molecule has 0 bridgehead atoms. The van der Waals surface area contributed by atoms with E-state index in [0.717, 1.165) is 24.2 Å². The van der Waals surface area contributed by atoms with Gasteiger partial charge in [-0.1, -0.05) is 30.9 Å². The Balaban J connectivity index is 1.51. The van der Waals surface area contributed by atoms with Crippen LogP contribution in [-0.4, -0.2) is 75.5 Å². The highest BCUT2D eigenvalue weighted by Crippen LogP contribution is 2.38. The van der Waals surface area contributed by atoms with Crippen LogP contribution in [0.25, 0.3) is 0 Å². The van der Waals surface area contributed by atoms with Crippen LogP contribution in [0.2, 0.25) is 5.02 Å². The number of carbonyl (C=O) groups excluding carboxylic acids is 1. The van der Waals surface area contributed by atoms with E-state index in [0.29, 0.717) is 43.7 Å². The van der Waals surface area contributed by atoms with Crippen LogP contribution >= 0.6 is 11.6 Å². The van der Waals surface area contributed by atoms with Crippen LogP contribution in [-0.2, 0) is 14.6 Å². The van der Waals surface area contributed by atoms with Gasteiger partial charge in [0.1, 0.15) is 15.6 Å². The summed E-state index contributed by atoms with van der Waals surface area (Å²) in [5, 5.41) is 0.703. The van der Waals surface area contributed by atoms with Crippen molar-refractivity contribution in [3.8, 4) is 5.75 Å². The van der Waals surface area contributed by atoms with Gasteiger partial charge in [-0.15, -0.1) is 0 Å². The number of hydrogen-bond acceptors (Lipinski definition) is 5. The van der Waals surface area contributed by atoms with Crippen molar-refractivity contribution >= 4 is 27.3 Å². The second-order valence-corrected chi connectivity index (χ2v) is 10.9. The second-order valence-electron chi connectivity index (χ2n) is 8.16. The first-order valence-electron chi connectivity index (χ1n) is 10.4. The Kier molecular flexibility index (Phi) is 7.82. The van der Waals surface area contributed by atoms with Gasteiger partial charge >= 0.3 is 0 Å². The van der Waals surface area contributed by atoms with Crippen LogP contribution in [0.4, 0.5) is 0 Å². The number of ether oxygens (including phenoxy) is 1. The maximum Gasteiger partial charge on any atom is 0.260 e. The Hall–Kier alpha value is -1.31. The fraction of sp³-hybridized carbons (Fsp3) is 0.667. The van der Waals surface area contributed by atoms with Crippen molar-refractivity contribution in [3.63, 3.8) is 0 Å². The van der Waals surface area contributed by atoms with Gasteiger partial charge in [-0.25, -0.2) is 8.42 Å². The largest absolute Gasteiger partial charge is 0.483 e. The number of halogens is 1. The number of amides is 1. The van der Waals surface area contributed by atoms with Crippen LogP contribution in [0.15, 0.2) is 18.2 Å². The minimum absolute atomic E-state index is 0.0185. The molecule has 1 saturated heterocycles. The van der Waals surface area contributed by atoms with Crippen molar-refractivity contribution in [1.29, 1.82) is 0 Å². The Bertz CT molecular complexity index is 801. The molecule has 162 valence electrons. The third kappa shape index (κ3) is 6.86. The summed E-state index contributed by atoms with van der Waals surface area (Å²) in [4.78, 5) is 16.5. The third-order valence-electron chi connectivity index (χ3n) is 5.87. The molecule has 0 radical (unpaired) electrons. The maximum absolute atomic E-state index is 12.6. The van der Waals surface area contributed by atoms with Gasteiger partial charge in [0.15, 0.2) is 6.61 Å². The Labute approximate surface area is 179 Å². The molecule has 1 aromatic carbocycles. The second kappa shape index (κ2) is 10.1. The van der Waals surface area contributed by atoms with Gasteiger partial charge in [0, 0.05) is 44.0 Å². The predicted octanol–water partition coefficient (Wildman–Crippen LogP) is 2.96. The van der Waals surface area contributed by atoms with E-state index in [1.54, 1.807) is 4.90 Å². The van der Waals surface area contributed by atoms with Crippen LogP contribution in [0.1, 0.15) is 43.6 Å². The average Bonchev–Trinajstić information content (AvgIpc) is 2.71. The molecule has 2 fully saturated rings. The molecular weight excluding hydrogens is 412 g/mol. The predicted molar refractivity (Wildman–Crippen MR) is 116 cm³/mol. The molecular formula is C21H31ClN2O4S. The van der Waals surface area contributed by atoms with E-state index in [1.165, 1.54) is 25.5 Å². The third-order valence-corrected chi connectivity index (χ3v) is 7.03. The van der Waals surface area contributed by atoms with Crippen LogP contribution in [0.3, 0.4) is 0 Å². The van der Waals surface area contributed by atoms with Gasteiger partial charge in [-0.2, -0.15) is 0 Å². The molecule has 3 rings (SSSR count). The van der Waals surface area contributed by atoms with Crippen molar-refractivity contribution < 1.29 is 17.9 Å². The normalized spacial score (nSPS) is 19.3. The molecule has 6 nitrogen and oxygen atoms in total. The quantitative estimate of drug-likeness (QED) is 0.649. The number of rotatable bonds is 7. The molecule has 1 heterocycles. The van der Waals surface area contributed by atoms with Crippen LogP contribution in [0, 0.1) is 0 Å². The van der Waals surface area contributed by atoms with Gasteiger partial charge in [-0.3, -0.25) is 9.69 Å². The highest BCUT2D eigenvalue weighted by molar-refractivity contribution is 7.90. The van der Waals surface area contributed by atoms with Gasteiger partial charge < -0.3 is 9.64 Å². The lowest BCUT2D eigenvalue weighted by Gasteiger charge is -2.34. The first kappa shape index (κ1) is 22.4. The van der Waals surface area contributed by atoms with E-state index in [-0.39, 0.29) is 18.3 Å². The zero-order valence-corrected chi connectivity index (χ0v) is 18.7. The summed E-state index contributed by atoms with van der Waals surface area (Å²) in [6.07, 6.45) is 7.25. The van der Waals surface area contributed by atoms with Crippen molar-refractivity contribution in [3.05, 3.63) is 28.8 Å². The van der Waals surface area contributed by atoms with Crippen molar-refractivity contribution in [1.82, 2.24) is 9.80 Å². The number of nitrogens with zero attached hydrogens (tertiary/aromatic N) is 2. The molecule has 1 amide bonds. The minimum atomic E-state index is -2.96. The number of piperazine rings is 1. The topological polar surface area (TPSA) is 66.9 Å². The zero-order valence-electron chi connectivity index (χ0n) is 17.1. The SMILES string of the molecule is CS(=O)(=O)CCN1CCN(C(=O)COc2ccc(Cl)cc2C2CCCCC2)CC1. The number of carbonyl (C=O) groups is 1. The molecule has 0 N–H and O–H groups in total. The van der Waals surface area contributed by atoms with E-state index < -0.39 is 9.84 Å². The van der Waals surface area contributed by atoms with E-state index >= 15 is 0 Å². The summed E-state index contributed by atoms with van der Waals surface area (Å²) in [6, 6.07) is 5.68.